The van der Waals surface area contributed by atoms with Gasteiger partial charge >= 0.3 is 0 Å². The van der Waals surface area contributed by atoms with Crippen molar-refractivity contribution < 1.29 is 23.4 Å². The molecule has 240 valence electrons. The number of piperidine rings is 1. The number of rotatable bonds is 9. The van der Waals surface area contributed by atoms with Crippen LogP contribution in [0.15, 0.2) is 67.6 Å². The fourth-order valence-electron chi connectivity index (χ4n) is 5.98. The van der Waals surface area contributed by atoms with Gasteiger partial charge in [-0.1, -0.05) is 6.58 Å². The molecule has 2 atom stereocenters. The van der Waals surface area contributed by atoms with E-state index in [1.807, 2.05) is 32.0 Å². The summed E-state index contributed by atoms with van der Waals surface area (Å²) in [7, 11) is 1.60. The second-order valence-corrected chi connectivity index (χ2v) is 11.6. The number of nitrogens with one attached hydrogen (secondary N) is 2. The number of nitrogens with zero attached hydrogens (tertiary/aromatic N) is 5. The number of aromatic nitrogens is 3. The van der Waals surface area contributed by atoms with Crippen molar-refractivity contribution in [2.24, 2.45) is 0 Å². The molecule has 12 heteroatoms. The van der Waals surface area contributed by atoms with Crippen molar-refractivity contribution in [2.45, 2.75) is 44.9 Å². The maximum absolute atomic E-state index is 15.4. The van der Waals surface area contributed by atoms with Crippen LogP contribution in [0, 0.1) is 5.82 Å². The van der Waals surface area contributed by atoms with E-state index in [0.29, 0.717) is 47.1 Å². The molecule has 0 spiro atoms. The van der Waals surface area contributed by atoms with Crippen LogP contribution in [0.4, 0.5) is 27.4 Å². The molecule has 46 heavy (non-hydrogen) atoms. The number of likely N-dealkylation sites (tertiary alicyclic amines) is 1. The Labute approximate surface area is 267 Å². The Balaban J connectivity index is 1.17. The van der Waals surface area contributed by atoms with Crippen LogP contribution < -0.4 is 25.0 Å². The molecule has 2 aliphatic rings. The highest BCUT2D eigenvalue weighted by molar-refractivity contribution is 5.95. The number of hydrogen-bond donors (Lipinski definition) is 2. The lowest BCUT2D eigenvalue weighted by Crippen LogP contribution is -2.45. The lowest BCUT2D eigenvalue weighted by molar-refractivity contribution is -0.126. The van der Waals surface area contributed by atoms with Gasteiger partial charge in [-0.15, -0.1) is 0 Å². The van der Waals surface area contributed by atoms with Crippen LogP contribution in [0.1, 0.15) is 26.7 Å². The van der Waals surface area contributed by atoms with Gasteiger partial charge in [-0.05, 0) is 57.0 Å². The summed E-state index contributed by atoms with van der Waals surface area (Å²) in [6, 6.07) is 12.1. The Kier molecular flexibility index (Phi) is 9.16. The number of benzene rings is 2. The van der Waals surface area contributed by atoms with E-state index in [1.165, 1.54) is 18.5 Å². The predicted molar refractivity (Wildman–Crippen MR) is 176 cm³/mol. The summed E-state index contributed by atoms with van der Waals surface area (Å²) in [5, 5.41) is 7.38. The normalized spacial score (nSPS) is 18.7. The molecule has 2 saturated heterocycles. The Hall–Kier alpha value is -4.97. The topological polar surface area (TPSA) is 114 Å². The van der Waals surface area contributed by atoms with Gasteiger partial charge in [0.2, 0.25) is 5.91 Å². The Morgan fingerprint density at radius 2 is 1.78 bits per heavy atom. The van der Waals surface area contributed by atoms with E-state index in [4.69, 9.17) is 14.2 Å². The Morgan fingerprint density at radius 3 is 2.50 bits per heavy atom. The number of pyridine rings is 1. The quantitative estimate of drug-likeness (QED) is 0.217. The fourth-order valence-corrected chi connectivity index (χ4v) is 5.98. The van der Waals surface area contributed by atoms with Crippen LogP contribution in [-0.2, 0) is 9.53 Å². The number of fused-ring (bicyclic) bond motifs is 1. The zero-order chi connectivity index (χ0) is 32.2. The maximum atomic E-state index is 15.4. The molecular formula is C34H38FN7O4. The van der Waals surface area contributed by atoms with Gasteiger partial charge < -0.3 is 34.6 Å². The van der Waals surface area contributed by atoms with Crippen molar-refractivity contribution >= 4 is 39.8 Å². The van der Waals surface area contributed by atoms with E-state index in [1.54, 1.807) is 36.4 Å². The minimum atomic E-state index is -0.498. The maximum Gasteiger partial charge on any atom is 0.245 e. The van der Waals surface area contributed by atoms with E-state index in [9.17, 15) is 4.79 Å². The minimum Gasteiger partial charge on any atom is -0.495 e. The van der Waals surface area contributed by atoms with E-state index in [0.717, 1.165) is 37.4 Å². The van der Waals surface area contributed by atoms with Crippen LogP contribution in [0.25, 0.3) is 10.9 Å². The highest BCUT2D eigenvalue weighted by atomic mass is 19.1. The number of carbonyl (C=O) groups excluding carboxylic acids is 1. The zero-order valence-corrected chi connectivity index (χ0v) is 26.2. The van der Waals surface area contributed by atoms with Crippen molar-refractivity contribution in [3.63, 3.8) is 0 Å². The summed E-state index contributed by atoms with van der Waals surface area (Å²) in [4.78, 5) is 29.3. The Bertz CT molecular complexity index is 1720. The summed E-state index contributed by atoms with van der Waals surface area (Å²) in [6.45, 7) is 10.4. The van der Waals surface area contributed by atoms with Crippen molar-refractivity contribution in [2.75, 3.05) is 48.8 Å². The first kappa shape index (κ1) is 31.0. The van der Waals surface area contributed by atoms with Gasteiger partial charge in [0.15, 0.2) is 0 Å². The highest BCUT2D eigenvalue weighted by Crippen LogP contribution is 2.35. The van der Waals surface area contributed by atoms with Crippen LogP contribution in [0.2, 0.25) is 0 Å². The SMILES string of the molecule is C=CC(=O)N1CCC(Nc2cc3c(Nc4ccc(Oc5ccnc(N6C[C@H](C)O[C@@H](C)C6)c5)cc4F)ncnc3cc2OC)CC1. The number of methoxy groups -OCH3 is 1. The summed E-state index contributed by atoms with van der Waals surface area (Å²) < 4.78 is 32.9. The molecule has 4 aromatic rings. The number of halogens is 1. The smallest absolute Gasteiger partial charge is 0.245 e. The molecule has 11 nitrogen and oxygen atoms in total. The second-order valence-electron chi connectivity index (χ2n) is 11.6. The molecule has 0 radical (unpaired) electrons. The highest BCUT2D eigenvalue weighted by Gasteiger charge is 2.24. The van der Waals surface area contributed by atoms with Crippen molar-refractivity contribution in [1.29, 1.82) is 0 Å². The van der Waals surface area contributed by atoms with Gasteiger partial charge in [0.05, 0.1) is 36.2 Å². The van der Waals surface area contributed by atoms with E-state index in [-0.39, 0.29) is 29.8 Å². The largest absolute Gasteiger partial charge is 0.495 e. The predicted octanol–water partition coefficient (Wildman–Crippen LogP) is 5.91. The lowest BCUT2D eigenvalue weighted by atomic mass is 10.0. The molecule has 2 N–H and O–H groups in total. The lowest BCUT2D eigenvalue weighted by Gasteiger charge is -2.36. The van der Waals surface area contributed by atoms with Crippen molar-refractivity contribution in [3.05, 3.63) is 73.5 Å². The van der Waals surface area contributed by atoms with Crippen LogP contribution in [-0.4, -0.2) is 77.3 Å². The van der Waals surface area contributed by atoms with Crippen LogP contribution in [0.3, 0.4) is 0 Å². The molecule has 1 amide bonds. The Morgan fingerprint density at radius 1 is 1.02 bits per heavy atom. The summed E-state index contributed by atoms with van der Waals surface area (Å²) in [5.74, 6) is 2.23. The molecule has 2 aromatic carbocycles. The van der Waals surface area contributed by atoms with E-state index < -0.39 is 5.82 Å². The first-order valence-electron chi connectivity index (χ1n) is 15.4. The van der Waals surface area contributed by atoms with E-state index in [2.05, 4.69) is 37.1 Å². The number of hydrogen-bond acceptors (Lipinski definition) is 10. The average Bonchev–Trinajstić information content (AvgIpc) is 3.05. The first-order chi connectivity index (χ1) is 22.3. The molecular weight excluding hydrogens is 589 g/mol. The molecule has 0 bridgehead atoms. The van der Waals surface area contributed by atoms with Gasteiger partial charge in [-0.25, -0.2) is 19.3 Å². The second kappa shape index (κ2) is 13.6. The third kappa shape index (κ3) is 6.96. The zero-order valence-electron chi connectivity index (χ0n) is 26.2. The van der Waals surface area contributed by atoms with Gasteiger partial charge in [-0.3, -0.25) is 4.79 Å². The first-order valence-corrected chi connectivity index (χ1v) is 15.4. The number of amides is 1. The number of ether oxygens (including phenoxy) is 3. The summed E-state index contributed by atoms with van der Waals surface area (Å²) >= 11 is 0. The molecule has 4 heterocycles. The third-order valence-electron chi connectivity index (χ3n) is 8.19. The summed E-state index contributed by atoms with van der Waals surface area (Å²) in [6.07, 6.45) is 6.22. The van der Waals surface area contributed by atoms with Crippen molar-refractivity contribution in [3.8, 4) is 17.2 Å². The average molecular weight is 628 g/mol. The molecule has 2 aliphatic heterocycles. The van der Waals surface area contributed by atoms with E-state index >= 15 is 4.39 Å². The summed E-state index contributed by atoms with van der Waals surface area (Å²) in [5.41, 5.74) is 1.65. The van der Waals surface area contributed by atoms with Crippen molar-refractivity contribution in [1.82, 2.24) is 19.9 Å². The van der Waals surface area contributed by atoms with Crippen LogP contribution >= 0.6 is 0 Å². The molecule has 2 fully saturated rings. The van der Waals surface area contributed by atoms with Gasteiger partial charge in [-0.2, -0.15) is 0 Å². The molecule has 6 rings (SSSR count). The fraction of sp³-hybridized carbons (Fsp3) is 0.353. The molecule has 0 aliphatic carbocycles. The molecule has 2 aromatic heterocycles. The van der Waals surface area contributed by atoms with Gasteiger partial charge in [0, 0.05) is 62.0 Å². The van der Waals surface area contributed by atoms with Gasteiger partial charge in [0.1, 0.15) is 41.0 Å². The standard InChI is InChI=1S/C34H38FN7O4/c1-5-33(43)41-12-9-23(10-13-41)39-30-16-26-29(17-31(30)44-4)37-20-38-34(26)40-28-7-6-24(14-27(28)35)46-25-8-11-36-32(15-25)42-18-21(2)45-22(3)19-42/h5-8,11,14-17,20-23,39H,1,9-10,12-13,18-19H2,2-4H3,(H,37,38,40)/t21-,22-/m0/s1. The molecule has 0 unspecified atom stereocenters. The number of morpholine rings is 1. The van der Waals surface area contributed by atoms with Crippen LogP contribution in [0.5, 0.6) is 17.2 Å². The molecule has 0 saturated carbocycles. The number of anilines is 4. The number of carbonyl (C=O) groups is 1. The third-order valence-corrected chi connectivity index (χ3v) is 8.19. The minimum absolute atomic E-state index is 0.0545. The monoisotopic (exact) mass is 627 g/mol. The van der Waals surface area contributed by atoms with Gasteiger partial charge in [0.25, 0.3) is 0 Å².